The number of halogens is 1. The molecule has 3 rings (SSSR count). The van der Waals surface area contributed by atoms with E-state index in [-0.39, 0.29) is 5.56 Å². The van der Waals surface area contributed by atoms with Gasteiger partial charge in [0.1, 0.15) is 5.82 Å². The SMILES string of the molecule is Cn1cc(/C=C/c2cc(C(=O)O)c3ccc(F)cc3n2)cn1. The minimum atomic E-state index is -1.07. The van der Waals surface area contributed by atoms with Gasteiger partial charge in [-0.2, -0.15) is 5.10 Å². The van der Waals surface area contributed by atoms with Gasteiger partial charge < -0.3 is 5.11 Å². The van der Waals surface area contributed by atoms with E-state index in [0.717, 1.165) is 5.56 Å². The summed E-state index contributed by atoms with van der Waals surface area (Å²) in [6, 6.07) is 5.34. The summed E-state index contributed by atoms with van der Waals surface area (Å²) < 4.78 is 15.0. The first kappa shape index (κ1) is 13.9. The molecule has 0 bridgehead atoms. The Bertz CT molecular complexity index is 900. The Kier molecular flexibility index (Phi) is 3.42. The van der Waals surface area contributed by atoms with Crippen molar-refractivity contribution in [2.45, 2.75) is 0 Å². The maximum Gasteiger partial charge on any atom is 0.336 e. The Balaban J connectivity index is 2.09. The van der Waals surface area contributed by atoms with Crippen molar-refractivity contribution in [3.8, 4) is 0 Å². The molecule has 0 saturated carbocycles. The molecule has 110 valence electrons. The van der Waals surface area contributed by atoms with Gasteiger partial charge in [0.25, 0.3) is 0 Å². The summed E-state index contributed by atoms with van der Waals surface area (Å²) in [6.07, 6.45) is 6.94. The van der Waals surface area contributed by atoms with Crippen LogP contribution in [0.1, 0.15) is 21.6 Å². The first-order chi connectivity index (χ1) is 10.5. The van der Waals surface area contributed by atoms with Gasteiger partial charge in [-0.3, -0.25) is 4.68 Å². The van der Waals surface area contributed by atoms with Crippen molar-refractivity contribution in [2.75, 3.05) is 0 Å². The third-order valence-corrected chi connectivity index (χ3v) is 3.19. The zero-order valence-corrected chi connectivity index (χ0v) is 11.7. The summed E-state index contributed by atoms with van der Waals surface area (Å²) in [5.41, 5.74) is 1.71. The van der Waals surface area contributed by atoms with E-state index >= 15 is 0 Å². The monoisotopic (exact) mass is 297 g/mol. The van der Waals surface area contributed by atoms with E-state index < -0.39 is 11.8 Å². The average Bonchev–Trinajstić information content (AvgIpc) is 2.89. The maximum atomic E-state index is 13.3. The predicted octanol–water partition coefficient (Wildman–Crippen LogP) is 2.98. The molecule has 2 heterocycles. The normalized spacial score (nSPS) is 11.4. The fourth-order valence-corrected chi connectivity index (χ4v) is 2.19. The fraction of sp³-hybridized carbons (Fsp3) is 0.0625. The molecule has 0 aliphatic rings. The standard InChI is InChI=1S/C16H12FN3O2/c1-20-9-10(8-18-20)2-4-12-7-14(16(21)22)13-5-3-11(17)6-15(13)19-12/h2-9H,1H3,(H,21,22)/b4-2+. The van der Waals surface area contributed by atoms with Crippen molar-refractivity contribution >= 4 is 29.0 Å². The lowest BCUT2D eigenvalue weighted by Crippen LogP contribution is -2.00. The van der Waals surface area contributed by atoms with Crippen molar-refractivity contribution in [1.29, 1.82) is 0 Å². The van der Waals surface area contributed by atoms with E-state index in [1.54, 1.807) is 30.1 Å². The second-order valence-electron chi connectivity index (χ2n) is 4.84. The first-order valence-corrected chi connectivity index (χ1v) is 6.53. The Labute approximate surface area is 125 Å². The molecule has 0 amide bonds. The van der Waals surface area contributed by atoms with Crippen LogP contribution >= 0.6 is 0 Å². The molecule has 0 spiro atoms. The Hall–Kier alpha value is -3.02. The molecule has 0 aliphatic carbocycles. The van der Waals surface area contributed by atoms with Crippen LogP contribution in [0.4, 0.5) is 4.39 Å². The van der Waals surface area contributed by atoms with Crippen molar-refractivity contribution in [3.63, 3.8) is 0 Å². The minimum Gasteiger partial charge on any atom is -0.478 e. The number of carboxylic acids is 1. The summed E-state index contributed by atoms with van der Waals surface area (Å²) >= 11 is 0. The Morgan fingerprint density at radius 1 is 1.32 bits per heavy atom. The quantitative estimate of drug-likeness (QED) is 0.807. The molecule has 0 unspecified atom stereocenters. The molecule has 2 aromatic heterocycles. The second-order valence-corrected chi connectivity index (χ2v) is 4.84. The van der Waals surface area contributed by atoms with Crippen LogP contribution in [0, 0.1) is 5.82 Å². The number of carboxylic acid groups (broad SMARTS) is 1. The van der Waals surface area contributed by atoms with Crippen LogP contribution in [-0.4, -0.2) is 25.8 Å². The zero-order chi connectivity index (χ0) is 15.7. The van der Waals surface area contributed by atoms with Gasteiger partial charge in [-0.25, -0.2) is 14.2 Å². The summed E-state index contributed by atoms with van der Waals surface area (Å²) in [6.45, 7) is 0. The molecule has 5 nitrogen and oxygen atoms in total. The number of hydrogen-bond acceptors (Lipinski definition) is 3. The molecular formula is C16H12FN3O2. The largest absolute Gasteiger partial charge is 0.478 e. The van der Waals surface area contributed by atoms with Crippen LogP contribution < -0.4 is 0 Å². The maximum absolute atomic E-state index is 13.3. The Morgan fingerprint density at radius 2 is 2.14 bits per heavy atom. The number of benzene rings is 1. The highest BCUT2D eigenvalue weighted by molar-refractivity contribution is 6.03. The third-order valence-electron chi connectivity index (χ3n) is 3.19. The number of nitrogens with zero attached hydrogens (tertiary/aromatic N) is 3. The van der Waals surface area contributed by atoms with Gasteiger partial charge >= 0.3 is 5.97 Å². The molecule has 0 radical (unpaired) electrons. The predicted molar refractivity (Wildman–Crippen MR) is 80.8 cm³/mol. The number of aryl methyl sites for hydroxylation is 1. The third kappa shape index (κ3) is 2.71. The highest BCUT2D eigenvalue weighted by Gasteiger charge is 2.11. The smallest absolute Gasteiger partial charge is 0.336 e. The molecule has 0 fully saturated rings. The number of rotatable bonds is 3. The van der Waals surface area contributed by atoms with E-state index in [9.17, 15) is 14.3 Å². The molecule has 0 atom stereocenters. The lowest BCUT2D eigenvalue weighted by molar-refractivity contribution is 0.0699. The highest BCUT2D eigenvalue weighted by Crippen LogP contribution is 2.21. The second kappa shape index (κ2) is 5.40. The van der Waals surface area contributed by atoms with Gasteiger partial charge in [-0.1, -0.05) is 0 Å². The molecule has 3 aromatic rings. The molecule has 6 heteroatoms. The van der Waals surface area contributed by atoms with Crippen molar-refractivity contribution in [1.82, 2.24) is 14.8 Å². The van der Waals surface area contributed by atoms with Gasteiger partial charge in [0.2, 0.25) is 0 Å². The van der Waals surface area contributed by atoms with Gasteiger partial charge in [0.15, 0.2) is 0 Å². The van der Waals surface area contributed by atoms with Crippen LogP contribution in [-0.2, 0) is 7.05 Å². The number of pyridine rings is 1. The topological polar surface area (TPSA) is 68.0 Å². The van der Waals surface area contributed by atoms with E-state index in [1.807, 2.05) is 6.20 Å². The van der Waals surface area contributed by atoms with E-state index in [1.165, 1.54) is 24.3 Å². The van der Waals surface area contributed by atoms with Gasteiger partial charge in [0, 0.05) is 30.3 Å². The molecule has 1 N–H and O–H groups in total. The molecule has 0 saturated heterocycles. The van der Waals surface area contributed by atoms with Gasteiger partial charge in [-0.05, 0) is 30.4 Å². The summed E-state index contributed by atoms with van der Waals surface area (Å²) in [5.74, 6) is -1.53. The number of carbonyl (C=O) groups is 1. The van der Waals surface area contributed by atoms with Crippen LogP contribution in [0.25, 0.3) is 23.1 Å². The molecule has 1 aromatic carbocycles. The number of aromatic nitrogens is 3. The highest BCUT2D eigenvalue weighted by atomic mass is 19.1. The zero-order valence-electron chi connectivity index (χ0n) is 11.7. The number of aromatic carboxylic acids is 1. The van der Waals surface area contributed by atoms with E-state index in [0.29, 0.717) is 16.6 Å². The lowest BCUT2D eigenvalue weighted by atomic mass is 10.1. The van der Waals surface area contributed by atoms with Crippen LogP contribution in [0.2, 0.25) is 0 Å². The van der Waals surface area contributed by atoms with Crippen LogP contribution in [0.5, 0.6) is 0 Å². The molecular weight excluding hydrogens is 285 g/mol. The van der Waals surface area contributed by atoms with Crippen molar-refractivity contribution in [3.05, 3.63) is 59.3 Å². The van der Waals surface area contributed by atoms with Crippen LogP contribution in [0.3, 0.4) is 0 Å². The Morgan fingerprint density at radius 3 is 2.82 bits per heavy atom. The average molecular weight is 297 g/mol. The van der Waals surface area contributed by atoms with Gasteiger partial charge in [0.05, 0.1) is 23.0 Å². The molecule has 0 aliphatic heterocycles. The number of fused-ring (bicyclic) bond motifs is 1. The van der Waals surface area contributed by atoms with Crippen molar-refractivity contribution in [2.24, 2.45) is 7.05 Å². The van der Waals surface area contributed by atoms with Crippen LogP contribution in [0.15, 0.2) is 36.7 Å². The fourth-order valence-electron chi connectivity index (χ4n) is 2.19. The minimum absolute atomic E-state index is 0.0934. The summed E-state index contributed by atoms with van der Waals surface area (Å²) in [5, 5.41) is 13.8. The lowest BCUT2D eigenvalue weighted by Gasteiger charge is -2.04. The van der Waals surface area contributed by atoms with Crippen molar-refractivity contribution < 1.29 is 14.3 Å². The number of hydrogen-bond donors (Lipinski definition) is 1. The van der Waals surface area contributed by atoms with Gasteiger partial charge in [-0.15, -0.1) is 0 Å². The summed E-state index contributed by atoms with van der Waals surface area (Å²) in [4.78, 5) is 15.7. The van der Waals surface area contributed by atoms with E-state index in [2.05, 4.69) is 10.1 Å². The molecule has 22 heavy (non-hydrogen) atoms. The summed E-state index contributed by atoms with van der Waals surface area (Å²) in [7, 11) is 1.80. The first-order valence-electron chi connectivity index (χ1n) is 6.53. The van der Waals surface area contributed by atoms with E-state index in [4.69, 9.17) is 0 Å².